The molecule has 1 aromatic rings. The molecule has 0 saturated carbocycles. The minimum absolute atomic E-state index is 0. The van der Waals surface area contributed by atoms with Crippen LogP contribution in [0.15, 0.2) is 23.7 Å². The molecule has 5 nitrogen and oxygen atoms in total. The monoisotopic (exact) mass is 318 g/mol. The van der Waals surface area contributed by atoms with E-state index in [4.69, 9.17) is 16.4 Å². The Bertz CT molecular complexity index is 397. The van der Waals surface area contributed by atoms with Crippen LogP contribution in [0.25, 0.3) is 0 Å². The third-order valence-corrected chi connectivity index (χ3v) is 3.34. The minimum atomic E-state index is 0. The minimum Gasteiger partial charge on any atom is -0.394 e. The first-order valence-corrected chi connectivity index (χ1v) is 7.08. The van der Waals surface area contributed by atoms with Gasteiger partial charge in [-0.3, -0.25) is 9.97 Å². The lowest BCUT2D eigenvalue weighted by Crippen LogP contribution is -2.31. The summed E-state index contributed by atoms with van der Waals surface area (Å²) in [5.74, 6) is 0. The van der Waals surface area contributed by atoms with Gasteiger partial charge in [-0.2, -0.15) is 0 Å². The van der Waals surface area contributed by atoms with Gasteiger partial charge in [-0.25, -0.2) is 0 Å². The molecule has 0 N–H and O–H groups in total. The first kappa shape index (κ1) is 17.1. The van der Waals surface area contributed by atoms with Crippen LogP contribution >= 0.6 is 24.0 Å². The first-order chi connectivity index (χ1) is 9.36. The molecular formula is C13H20Cl2N4O. The first-order valence-electron chi connectivity index (χ1n) is 6.70. The van der Waals surface area contributed by atoms with Gasteiger partial charge in [0, 0.05) is 18.9 Å². The third kappa shape index (κ3) is 6.03. The highest BCUT2D eigenvalue weighted by molar-refractivity contribution is 6.69. The van der Waals surface area contributed by atoms with Crippen molar-refractivity contribution in [1.82, 2.24) is 14.9 Å². The molecule has 112 valence electrons. The zero-order chi connectivity index (χ0) is 13.3. The van der Waals surface area contributed by atoms with Crippen LogP contribution in [-0.4, -0.2) is 46.3 Å². The van der Waals surface area contributed by atoms with E-state index in [9.17, 15) is 0 Å². The van der Waals surface area contributed by atoms with Crippen molar-refractivity contribution >= 4 is 29.2 Å². The number of oxime groups is 1. The van der Waals surface area contributed by atoms with E-state index in [-0.39, 0.29) is 17.6 Å². The molecule has 1 fully saturated rings. The quantitative estimate of drug-likeness (QED) is 0.459. The van der Waals surface area contributed by atoms with Crippen molar-refractivity contribution in [2.24, 2.45) is 5.16 Å². The molecule has 20 heavy (non-hydrogen) atoms. The van der Waals surface area contributed by atoms with Gasteiger partial charge in [0.1, 0.15) is 12.3 Å². The average molecular weight is 319 g/mol. The Hall–Kier alpha value is -0.910. The summed E-state index contributed by atoms with van der Waals surface area (Å²) in [6.07, 6.45) is 9.69. The second-order valence-electron chi connectivity index (χ2n) is 4.56. The molecule has 2 rings (SSSR count). The van der Waals surface area contributed by atoms with E-state index in [1.807, 2.05) is 0 Å². The fourth-order valence-corrected chi connectivity index (χ4v) is 2.24. The van der Waals surface area contributed by atoms with Crippen LogP contribution in [0, 0.1) is 0 Å². The van der Waals surface area contributed by atoms with E-state index < -0.39 is 0 Å². The maximum Gasteiger partial charge on any atom is 0.195 e. The number of nitrogens with zero attached hydrogens (tertiary/aromatic N) is 4. The third-order valence-electron chi connectivity index (χ3n) is 3.08. The van der Waals surface area contributed by atoms with Crippen molar-refractivity contribution in [2.45, 2.75) is 25.7 Å². The van der Waals surface area contributed by atoms with Crippen LogP contribution in [-0.2, 0) is 4.84 Å². The molecule has 1 aromatic heterocycles. The maximum atomic E-state index is 5.95. The Kier molecular flexibility index (Phi) is 8.49. The maximum absolute atomic E-state index is 5.95. The van der Waals surface area contributed by atoms with E-state index in [1.54, 1.807) is 18.6 Å². The van der Waals surface area contributed by atoms with Gasteiger partial charge < -0.3 is 9.74 Å². The summed E-state index contributed by atoms with van der Waals surface area (Å²) in [6.45, 7) is 4.07. The zero-order valence-electron chi connectivity index (χ0n) is 11.4. The molecule has 2 heterocycles. The second-order valence-corrected chi connectivity index (χ2v) is 4.92. The van der Waals surface area contributed by atoms with Crippen molar-refractivity contribution in [3.05, 3.63) is 24.3 Å². The van der Waals surface area contributed by atoms with E-state index in [1.165, 1.54) is 32.4 Å². The van der Waals surface area contributed by atoms with Gasteiger partial charge in [0.2, 0.25) is 0 Å². The van der Waals surface area contributed by atoms with E-state index in [2.05, 4.69) is 20.0 Å². The number of piperidine rings is 1. The summed E-state index contributed by atoms with van der Waals surface area (Å²) in [5.41, 5.74) is 0.528. The lowest BCUT2D eigenvalue weighted by molar-refractivity contribution is 0.125. The topological polar surface area (TPSA) is 50.6 Å². The summed E-state index contributed by atoms with van der Waals surface area (Å²) in [4.78, 5) is 15.6. The molecule has 1 aliphatic heterocycles. The Balaban J connectivity index is 0.00000200. The summed E-state index contributed by atoms with van der Waals surface area (Å²) >= 11 is 5.95. The van der Waals surface area contributed by atoms with Crippen LogP contribution in [0.4, 0.5) is 0 Å². The lowest BCUT2D eigenvalue weighted by atomic mass is 10.1. The smallest absolute Gasteiger partial charge is 0.195 e. The highest BCUT2D eigenvalue weighted by atomic mass is 35.5. The molecule has 0 unspecified atom stereocenters. The van der Waals surface area contributed by atoms with Crippen LogP contribution < -0.4 is 0 Å². The van der Waals surface area contributed by atoms with Crippen molar-refractivity contribution in [3.8, 4) is 0 Å². The van der Waals surface area contributed by atoms with Crippen molar-refractivity contribution in [2.75, 3.05) is 26.2 Å². The molecule has 0 aliphatic carbocycles. The molecule has 0 atom stereocenters. The molecular weight excluding hydrogens is 299 g/mol. The molecule has 0 bridgehead atoms. The summed E-state index contributed by atoms with van der Waals surface area (Å²) < 4.78 is 0. The normalized spacial score (nSPS) is 16.6. The van der Waals surface area contributed by atoms with Crippen molar-refractivity contribution in [1.29, 1.82) is 0 Å². The number of halogens is 2. The Morgan fingerprint density at radius 3 is 2.80 bits per heavy atom. The number of hydrogen-bond acceptors (Lipinski definition) is 5. The van der Waals surface area contributed by atoms with Crippen molar-refractivity contribution < 1.29 is 4.84 Å². The van der Waals surface area contributed by atoms with Crippen LogP contribution in [0.3, 0.4) is 0 Å². The van der Waals surface area contributed by atoms with Crippen molar-refractivity contribution in [3.63, 3.8) is 0 Å². The van der Waals surface area contributed by atoms with Gasteiger partial charge in [0.25, 0.3) is 0 Å². The number of aromatic nitrogens is 2. The molecule has 1 aliphatic rings. The van der Waals surface area contributed by atoms with Crippen LogP contribution in [0.1, 0.15) is 31.4 Å². The van der Waals surface area contributed by atoms with Gasteiger partial charge in [-0.1, -0.05) is 23.2 Å². The second kappa shape index (κ2) is 9.91. The van der Waals surface area contributed by atoms with Crippen LogP contribution in [0.2, 0.25) is 0 Å². The predicted molar refractivity (Wildman–Crippen MR) is 82.5 cm³/mol. The Labute approximate surface area is 130 Å². The molecule has 0 spiro atoms. The van der Waals surface area contributed by atoms with Gasteiger partial charge in [0.05, 0.1) is 6.20 Å². The van der Waals surface area contributed by atoms with E-state index in [0.29, 0.717) is 12.3 Å². The summed E-state index contributed by atoms with van der Waals surface area (Å²) in [5, 5.41) is 4.08. The Morgan fingerprint density at radius 2 is 2.10 bits per heavy atom. The van der Waals surface area contributed by atoms with Gasteiger partial charge >= 0.3 is 0 Å². The van der Waals surface area contributed by atoms with Gasteiger partial charge in [0.15, 0.2) is 5.17 Å². The summed E-state index contributed by atoms with van der Waals surface area (Å²) in [6, 6.07) is 0. The molecule has 0 radical (unpaired) electrons. The standard InChI is InChI=1S/C13H19ClN4O.ClH/c14-13(12-11-15-5-6-16-12)17-19-10-4-9-18-7-2-1-3-8-18;/h5-6,11H,1-4,7-10H2;1H/b17-13-;. The zero-order valence-corrected chi connectivity index (χ0v) is 12.9. The van der Waals surface area contributed by atoms with E-state index in [0.717, 1.165) is 13.0 Å². The van der Waals surface area contributed by atoms with E-state index >= 15 is 0 Å². The fraction of sp³-hybridized carbons (Fsp3) is 0.615. The predicted octanol–water partition coefficient (Wildman–Crippen LogP) is 2.69. The largest absolute Gasteiger partial charge is 0.394 e. The number of rotatable bonds is 6. The Morgan fingerprint density at radius 1 is 1.30 bits per heavy atom. The SMILES string of the molecule is Cl.Cl/C(=N\OCCCN1CCCCC1)c1cnccn1. The highest BCUT2D eigenvalue weighted by Gasteiger charge is 2.09. The van der Waals surface area contributed by atoms with Gasteiger partial charge in [-0.05, 0) is 32.4 Å². The molecule has 0 aromatic carbocycles. The highest BCUT2D eigenvalue weighted by Crippen LogP contribution is 2.08. The fourth-order valence-electron chi connectivity index (χ4n) is 2.09. The van der Waals surface area contributed by atoms with Gasteiger partial charge in [-0.15, -0.1) is 12.4 Å². The lowest BCUT2D eigenvalue weighted by Gasteiger charge is -2.25. The summed E-state index contributed by atoms with van der Waals surface area (Å²) in [7, 11) is 0. The number of likely N-dealkylation sites (tertiary alicyclic amines) is 1. The molecule has 7 heteroatoms. The average Bonchev–Trinajstić information content (AvgIpc) is 2.49. The number of hydrogen-bond donors (Lipinski definition) is 0. The van der Waals surface area contributed by atoms with Crippen LogP contribution in [0.5, 0.6) is 0 Å². The molecule has 1 saturated heterocycles. The molecule has 0 amide bonds.